The van der Waals surface area contributed by atoms with Crippen LogP contribution in [0, 0.1) is 45.8 Å². The predicted octanol–water partition coefficient (Wildman–Crippen LogP) is 6.90. The van der Waals surface area contributed by atoms with E-state index in [4.69, 9.17) is 9.57 Å². The van der Waals surface area contributed by atoms with E-state index in [9.17, 15) is 9.59 Å². The number of carbonyl (C=O) groups is 2. The smallest absolute Gasteiger partial charge is 0.305 e. The highest BCUT2D eigenvalue weighted by atomic mass is 16.6. The molecule has 0 amide bonds. The fraction of sp³-hybridized carbons (Fsp3) is 0.839. The van der Waals surface area contributed by atoms with Crippen molar-refractivity contribution in [3.8, 4) is 0 Å². The van der Waals surface area contributed by atoms with Crippen LogP contribution in [0.25, 0.3) is 0 Å². The van der Waals surface area contributed by atoms with Crippen LogP contribution in [0.15, 0.2) is 16.8 Å². The molecule has 8 atom stereocenters. The maximum Gasteiger partial charge on any atom is 0.305 e. The normalized spacial score (nSPS) is 44.5. The molecule has 0 N–H and O–H groups in total. The fourth-order valence-corrected chi connectivity index (χ4v) is 10.4. The summed E-state index contributed by atoms with van der Waals surface area (Å²) in [5, 5.41) is 4.46. The number of oxime groups is 1. The molecule has 4 saturated carbocycles. The van der Waals surface area contributed by atoms with Gasteiger partial charge in [-0.15, -0.1) is 0 Å². The average Bonchev–Trinajstić information content (AvgIpc) is 3.14. The van der Waals surface area contributed by atoms with Crippen LogP contribution in [0.1, 0.15) is 105 Å². The Balaban J connectivity index is 1.35. The third kappa shape index (κ3) is 3.81. The van der Waals surface area contributed by atoms with Crippen molar-refractivity contribution in [1.82, 2.24) is 0 Å². The Labute approximate surface area is 217 Å². The van der Waals surface area contributed by atoms with Gasteiger partial charge in [0.1, 0.15) is 12.4 Å². The van der Waals surface area contributed by atoms with E-state index >= 15 is 0 Å². The molecule has 0 radical (unpaired) electrons. The average molecular weight is 498 g/mol. The van der Waals surface area contributed by atoms with Crippen molar-refractivity contribution in [3.05, 3.63) is 11.6 Å². The molecule has 0 spiro atoms. The number of ketones is 1. The molecule has 0 heterocycles. The summed E-state index contributed by atoms with van der Waals surface area (Å²) in [5.41, 5.74) is 2.98. The molecule has 0 aromatic rings. The van der Waals surface area contributed by atoms with E-state index < -0.39 is 0 Å². The Bertz CT molecular complexity index is 954. The van der Waals surface area contributed by atoms with Crippen LogP contribution in [-0.4, -0.2) is 31.2 Å². The van der Waals surface area contributed by atoms with Gasteiger partial charge in [0.05, 0.1) is 12.8 Å². The number of fused-ring (bicyclic) bond motifs is 7. The zero-order chi connectivity index (χ0) is 25.7. The molecule has 5 aliphatic carbocycles. The lowest BCUT2D eigenvalue weighted by Gasteiger charge is -2.61. The van der Waals surface area contributed by atoms with Gasteiger partial charge in [0.2, 0.25) is 0 Å². The highest BCUT2D eigenvalue weighted by molar-refractivity contribution is 5.96. The van der Waals surface area contributed by atoms with Gasteiger partial charge in [-0.05, 0) is 111 Å². The molecule has 0 aromatic heterocycles. The summed E-state index contributed by atoms with van der Waals surface area (Å²) in [4.78, 5) is 30.2. The number of hydrogen-bond acceptors (Lipinski definition) is 5. The zero-order valence-electron chi connectivity index (χ0n) is 23.2. The van der Waals surface area contributed by atoms with Crippen LogP contribution in [0.4, 0.5) is 0 Å². The first-order valence-corrected chi connectivity index (χ1v) is 14.7. The number of carbonyl (C=O) groups excluding carboxylic acids is 2. The molecule has 200 valence electrons. The maximum atomic E-state index is 13.3. The highest BCUT2D eigenvalue weighted by Crippen LogP contribution is 2.74. The Morgan fingerprint density at radius 3 is 2.64 bits per heavy atom. The number of esters is 1. The lowest BCUT2D eigenvalue weighted by Crippen LogP contribution is -2.56. The third-order valence-corrected chi connectivity index (χ3v) is 12.0. The van der Waals surface area contributed by atoms with Crippen LogP contribution in [-0.2, 0) is 19.2 Å². The van der Waals surface area contributed by atoms with Gasteiger partial charge >= 0.3 is 5.97 Å². The van der Waals surface area contributed by atoms with E-state index in [-0.39, 0.29) is 22.2 Å². The van der Waals surface area contributed by atoms with E-state index in [0.717, 1.165) is 30.9 Å². The first-order valence-electron chi connectivity index (χ1n) is 14.7. The summed E-state index contributed by atoms with van der Waals surface area (Å²) in [6, 6.07) is 0. The largest absolute Gasteiger partial charge is 0.469 e. The Morgan fingerprint density at radius 2 is 1.89 bits per heavy atom. The van der Waals surface area contributed by atoms with Crippen LogP contribution >= 0.6 is 0 Å². The molecule has 0 saturated heterocycles. The summed E-state index contributed by atoms with van der Waals surface area (Å²) in [7, 11) is 1.42. The summed E-state index contributed by atoms with van der Waals surface area (Å²) in [6.45, 7) is 9.85. The number of hydrogen-bond donors (Lipinski definition) is 0. The SMILES string of the molecule is COC(=O)CCCO/N=C1/C=C2[C@@H](C)C[C@@H]3[C@H](CC[C@@]4(C)[C@H]3C[C@H]3CCCC[C@]34C(C)=O)[C@@]2(C)CC1. The van der Waals surface area contributed by atoms with Gasteiger partial charge in [-0.1, -0.05) is 44.3 Å². The second kappa shape index (κ2) is 9.58. The van der Waals surface area contributed by atoms with Crippen molar-refractivity contribution in [1.29, 1.82) is 0 Å². The molecule has 36 heavy (non-hydrogen) atoms. The molecule has 5 aliphatic rings. The standard InChI is InChI=1S/C31H47NO4/c1-20-17-24-25(12-15-30(4)27(24)18-22-9-6-7-13-31(22,30)21(2)33)29(3)14-11-23(19-26(20)29)32-36-16-8-10-28(34)35-5/h19-20,22,24-25,27H,6-18H2,1-5H3/b32-23+/t20-,22+,24+,25-,27-,29+,30-,31-/m0/s1. The Hall–Kier alpha value is -1.65. The lowest BCUT2D eigenvalue weighted by atomic mass is 9.43. The van der Waals surface area contributed by atoms with Gasteiger partial charge in [0.15, 0.2) is 0 Å². The summed E-state index contributed by atoms with van der Waals surface area (Å²) >= 11 is 0. The highest BCUT2D eigenvalue weighted by Gasteiger charge is 2.69. The van der Waals surface area contributed by atoms with Crippen molar-refractivity contribution < 1.29 is 19.2 Å². The molecule has 4 fully saturated rings. The number of allylic oxidation sites excluding steroid dienone is 2. The van der Waals surface area contributed by atoms with Gasteiger partial charge in [-0.25, -0.2) is 0 Å². The second-order valence-electron chi connectivity index (χ2n) is 13.3. The van der Waals surface area contributed by atoms with E-state index in [2.05, 4.69) is 32.0 Å². The van der Waals surface area contributed by atoms with Crippen LogP contribution < -0.4 is 0 Å². The molecule has 0 aromatic carbocycles. The van der Waals surface area contributed by atoms with Crippen LogP contribution in [0.3, 0.4) is 0 Å². The van der Waals surface area contributed by atoms with Crippen LogP contribution in [0.2, 0.25) is 0 Å². The maximum absolute atomic E-state index is 13.3. The van der Waals surface area contributed by atoms with E-state index in [1.165, 1.54) is 52.1 Å². The van der Waals surface area contributed by atoms with Crippen molar-refractivity contribution >= 4 is 17.5 Å². The molecular weight excluding hydrogens is 450 g/mol. The summed E-state index contributed by atoms with van der Waals surface area (Å²) < 4.78 is 4.69. The quantitative estimate of drug-likeness (QED) is 0.227. The Morgan fingerprint density at radius 1 is 1.08 bits per heavy atom. The predicted molar refractivity (Wildman–Crippen MR) is 141 cm³/mol. The fourth-order valence-electron chi connectivity index (χ4n) is 10.4. The van der Waals surface area contributed by atoms with Gasteiger partial charge < -0.3 is 9.57 Å². The Kier molecular flexibility index (Phi) is 6.91. The summed E-state index contributed by atoms with van der Waals surface area (Å²) in [5.74, 6) is 3.58. The van der Waals surface area contributed by atoms with E-state index in [0.29, 0.717) is 48.9 Å². The van der Waals surface area contributed by atoms with E-state index in [1.807, 2.05) is 6.92 Å². The zero-order valence-corrected chi connectivity index (χ0v) is 23.2. The number of Topliss-reactive ketones (excluding diaryl/α,β-unsaturated/α-hetero) is 1. The molecule has 0 unspecified atom stereocenters. The van der Waals surface area contributed by atoms with Crippen LogP contribution in [0.5, 0.6) is 0 Å². The van der Waals surface area contributed by atoms with Gasteiger partial charge in [-0.3, -0.25) is 9.59 Å². The topological polar surface area (TPSA) is 65.0 Å². The lowest BCUT2D eigenvalue weighted by molar-refractivity contribution is -0.148. The molecule has 5 heteroatoms. The molecular formula is C31H47NO4. The molecule has 5 rings (SSSR count). The second-order valence-corrected chi connectivity index (χ2v) is 13.3. The molecule has 0 aliphatic heterocycles. The number of nitrogens with zero attached hydrogens (tertiary/aromatic N) is 1. The van der Waals surface area contributed by atoms with Gasteiger partial charge in [0.25, 0.3) is 0 Å². The number of ether oxygens (including phenoxy) is 1. The monoisotopic (exact) mass is 497 g/mol. The van der Waals surface area contributed by atoms with Gasteiger partial charge in [-0.2, -0.15) is 0 Å². The summed E-state index contributed by atoms with van der Waals surface area (Å²) in [6.07, 6.45) is 15.4. The minimum atomic E-state index is -0.202. The minimum absolute atomic E-state index is 0.0568. The van der Waals surface area contributed by atoms with Crippen molar-refractivity contribution in [2.24, 2.45) is 51.0 Å². The number of rotatable bonds is 6. The third-order valence-electron chi connectivity index (χ3n) is 12.0. The number of methoxy groups -OCH3 is 1. The van der Waals surface area contributed by atoms with Crippen molar-refractivity contribution in [2.75, 3.05) is 13.7 Å². The van der Waals surface area contributed by atoms with E-state index in [1.54, 1.807) is 5.57 Å². The molecule has 0 bridgehead atoms. The first-order chi connectivity index (χ1) is 17.2. The van der Waals surface area contributed by atoms with Crippen molar-refractivity contribution in [2.45, 2.75) is 105 Å². The van der Waals surface area contributed by atoms with Gasteiger partial charge in [0, 0.05) is 11.8 Å². The minimum Gasteiger partial charge on any atom is -0.469 e. The molecule has 5 nitrogen and oxygen atoms in total. The first kappa shape index (κ1) is 26.0. The van der Waals surface area contributed by atoms with Crippen molar-refractivity contribution in [3.63, 3.8) is 0 Å².